The van der Waals surface area contributed by atoms with E-state index in [1.807, 2.05) is 12.1 Å². The molecule has 0 saturated carbocycles. The summed E-state index contributed by atoms with van der Waals surface area (Å²) in [6.07, 6.45) is 0.712. The van der Waals surface area contributed by atoms with Crippen molar-refractivity contribution in [3.05, 3.63) is 57.7 Å². The van der Waals surface area contributed by atoms with Crippen LogP contribution in [0.4, 0.5) is 10.2 Å². The van der Waals surface area contributed by atoms with Gasteiger partial charge in [0.1, 0.15) is 11.6 Å². The molecule has 4 aromatic rings. The number of imidazole rings is 1. The van der Waals surface area contributed by atoms with E-state index in [0.29, 0.717) is 34.0 Å². The Bertz CT molecular complexity index is 1290. The Morgan fingerprint density at radius 1 is 1.23 bits per heavy atom. The van der Waals surface area contributed by atoms with Crippen molar-refractivity contribution in [2.45, 2.75) is 24.5 Å². The molecule has 9 heteroatoms. The van der Waals surface area contributed by atoms with Crippen molar-refractivity contribution in [3.63, 3.8) is 0 Å². The van der Waals surface area contributed by atoms with E-state index in [0.717, 1.165) is 33.5 Å². The molecular formula is C22H19FIN5OS. The highest BCUT2D eigenvalue weighted by atomic mass is 127. The van der Waals surface area contributed by atoms with Crippen LogP contribution in [0, 0.1) is 9.65 Å². The Morgan fingerprint density at radius 2 is 2.10 bits per heavy atom. The second-order valence-corrected chi connectivity index (χ2v) is 9.43. The summed E-state index contributed by atoms with van der Waals surface area (Å²) in [7, 11) is 0. The first-order valence-corrected chi connectivity index (χ1v) is 12.0. The zero-order valence-electron chi connectivity index (χ0n) is 16.6. The van der Waals surface area contributed by atoms with E-state index in [-0.39, 0.29) is 11.6 Å². The summed E-state index contributed by atoms with van der Waals surface area (Å²) in [5, 5.41) is 14.6. The Morgan fingerprint density at radius 3 is 2.94 bits per heavy atom. The maximum atomic E-state index is 13.6. The lowest BCUT2D eigenvalue weighted by molar-refractivity contribution is 0.477. The number of benzene rings is 2. The van der Waals surface area contributed by atoms with Gasteiger partial charge in [-0.3, -0.25) is 4.57 Å². The van der Waals surface area contributed by atoms with Crippen LogP contribution in [0.15, 0.2) is 47.6 Å². The number of fused-ring (bicyclic) bond motifs is 3. The van der Waals surface area contributed by atoms with Crippen LogP contribution in [-0.4, -0.2) is 36.9 Å². The molecule has 5 rings (SSSR count). The van der Waals surface area contributed by atoms with E-state index >= 15 is 0 Å². The number of aromatic hydroxyl groups is 1. The number of rotatable bonds is 5. The third kappa shape index (κ3) is 3.96. The highest BCUT2D eigenvalue weighted by Crippen LogP contribution is 2.37. The van der Waals surface area contributed by atoms with Crippen LogP contribution >= 0.6 is 34.4 Å². The Labute approximate surface area is 196 Å². The molecule has 0 amide bonds. The second kappa shape index (κ2) is 8.27. The van der Waals surface area contributed by atoms with Crippen LogP contribution in [0.3, 0.4) is 0 Å². The molecule has 6 nitrogen and oxygen atoms in total. The number of phenolic OH excluding ortho intramolecular Hbond substituents is 1. The monoisotopic (exact) mass is 547 g/mol. The summed E-state index contributed by atoms with van der Waals surface area (Å²) in [6.45, 7) is 2.81. The van der Waals surface area contributed by atoms with Crippen LogP contribution in [0.5, 0.6) is 5.75 Å². The normalized spacial score (nSPS) is 15.4. The van der Waals surface area contributed by atoms with Gasteiger partial charge in [0.25, 0.3) is 0 Å². The summed E-state index contributed by atoms with van der Waals surface area (Å²) in [6, 6.07) is 12.0. The molecule has 1 atom stereocenters. The summed E-state index contributed by atoms with van der Waals surface area (Å²) in [5.41, 5.74) is 3.96. The first kappa shape index (κ1) is 20.5. The number of halogens is 2. The van der Waals surface area contributed by atoms with Gasteiger partial charge in [0.05, 0.1) is 0 Å². The van der Waals surface area contributed by atoms with Gasteiger partial charge in [-0.25, -0.2) is 19.3 Å². The number of hydrogen-bond donors (Lipinski definition) is 2. The lowest BCUT2D eigenvalue weighted by Crippen LogP contribution is -2.09. The van der Waals surface area contributed by atoms with Crippen LogP contribution in [0.25, 0.3) is 22.3 Å². The van der Waals surface area contributed by atoms with E-state index in [1.54, 1.807) is 30.0 Å². The zero-order chi connectivity index (χ0) is 21.5. The number of nitrogens with one attached hydrogen (secondary N) is 1. The topological polar surface area (TPSA) is 75.9 Å². The lowest BCUT2D eigenvalue weighted by atomic mass is 10.0. The van der Waals surface area contributed by atoms with Gasteiger partial charge in [0, 0.05) is 46.5 Å². The molecule has 3 heterocycles. The number of nitrogens with zero attached hydrogens (tertiary/aromatic N) is 4. The summed E-state index contributed by atoms with van der Waals surface area (Å²) in [5.74, 6) is 1.54. The molecule has 1 aliphatic heterocycles. The van der Waals surface area contributed by atoms with Crippen LogP contribution < -0.4 is 5.32 Å². The number of thioether (sulfide) groups is 1. The van der Waals surface area contributed by atoms with Crippen molar-refractivity contribution in [1.82, 2.24) is 19.5 Å². The maximum Gasteiger partial charge on any atom is 0.194 e. The number of phenols is 1. The van der Waals surface area contributed by atoms with Crippen molar-refractivity contribution in [2.24, 2.45) is 0 Å². The van der Waals surface area contributed by atoms with E-state index < -0.39 is 0 Å². The molecule has 1 aliphatic rings. The van der Waals surface area contributed by atoms with E-state index in [1.165, 1.54) is 12.1 Å². The predicted molar refractivity (Wildman–Crippen MR) is 129 cm³/mol. The summed E-state index contributed by atoms with van der Waals surface area (Å²) in [4.78, 5) is 13.9. The fourth-order valence-electron chi connectivity index (χ4n) is 3.77. The Hall–Kier alpha value is -2.40. The average Bonchev–Trinajstić information content (AvgIpc) is 3.29. The summed E-state index contributed by atoms with van der Waals surface area (Å²) >= 11 is 3.88. The third-order valence-electron chi connectivity index (χ3n) is 5.28. The fraction of sp³-hybridized carbons (Fsp3) is 0.227. The number of anilines is 1. The highest BCUT2D eigenvalue weighted by Gasteiger charge is 2.26. The van der Waals surface area contributed by atoms with Gasteiger partial charge in [-0.2, -0.15) is 0 Å². The van der Waals surface area contributed by atoms with Gasteiger partial charge < -0.3 is 10.4 Å². The first-order chi connectivity index (χ1) is 15.0. The number of aromatic nitrogens is 4. The molecule has 0 aliphatic carbocycles. The summed E-state index contributed by atoms with van der Waals surface area (Å²) < 4.78 is 16.5. The third-order valence-corrected chi connectivity index (χ3v) is 6.95. The van der Waals surface area contributed by atoms with Crippen molar-refractivity contribution in [3.8, 4) is 16.9 Å². The standard InChI is InChI=1S/C22H19FIN5OS/c1-12-11-31-22-26-18-19(27-21(24)28-20(18)29(12)22)25-8-7-13-5-6-17(30)16(9-13)14-3-2-4-15(23)10-14/h2-6,9-10,12,30H,7-8,11H2,1H3,(H,25,27,28)/t12-/m0/s1. The van der Waals surface area contributed by atoms with Crippen LogP contribution in [0.1, 0.15) is 18.5 Å². The van der Waals surface area contributed by atoms with Crippen molar-refractivity contribution < 1.29 is 9.50 Å². The molecular weight excluding hydrogens is 528 g/mol. The SMILES string of the molecule is C[C@H]1CSc2nc3c(NCCc4ccc(O)c(-c5cccc(F)c5)c4)nc(I)nc3n21. The number of hydrogen-bond acceptors (Lipinski definition) is 6. The maximum absolute atomic E-state index is 13.6. The minimum Gasteiger partial charge on any atom is -0.507 e. The van der Waals surface area contributed by atoms with Gasteiger partial charge in [0.15, 0.2) is 26.0 Å². The van der Waals surface area contributed by atoms with Gasteiger partial charge >= 0.3 is 0 Å². The first-order valence-electron chi connectivity index (χ1n) is 9.89. The molecule has 158 valence electrons. The second-order valence-electron chi connectivity index (χ2n) is 7.48. The molecule has 2 aromatic carbocycles. The van der Waals surface area contributed by atoms with Crippen molar-refractivity contribution in [2.75, 3.05) is 17.6 Å². The highest BCUT2D eigenvalue weighted by molar-refractivity contribution is 14.1. The lowest BCUT2D eigenvalue weighted by Gasteiger charge is -2.11. The molecule has 0 spiro atoms. The van der Waals surface area contributed by atoms with E-state index in [2.05, 4.69) is 49.4 Å². The molecule has 0 radical (unpaired) electrons. The van der Waals surface area contributed by atoms with Gasteiger partial charge in [0.2, 0.25) is 0 Å². The Balaban J connectivity index is 1.37. The van der Waals surface area contributed by atoms with Crippen LogP contribution in [0.2, 0.25) is 0 Å². The fourth-order valence-corrected chi connectivity index (χ4v) is 5.34. The van der Waals surface area contributed by atoms with Crippen molar-refractivity contribution >= 4 is 51.3 Å². The molecule has 0 fully saturated rings. The Kier molecular flexibility index (Phi) is 5.47. The average molecular weight is 547 g/mol. The molecule has 0 bridgehead atoms. The molecule has 31 heavy (non-hydrogen) atoms. The smallest absolute Gasteiger partial charge is 0.194 e. The molecule has 2 N–H and O–H groups in total. The molecule has 0 saturated heterocycles. The van der Waals surface area contributed by atoms with E-state index in [4.69, 9.17) is 4.98 Å². The van der Waals surface area contributed by atoms with Crippen LogP contribution in [-0.2, 0) is 6.42 Å². The predicted octanol–water partition coefficient (Wildman–Crippen LogP) is 5.26. The minimum absolute atomic E-state index is 0.133. The van der Waals surface area contributed by atoms with Gasteiger partial charge in [-0.05, 0) is 48.7 Å². The quantitative estimate of drug-likeness (QED) is 0.262. The van der Waals surface area contributed by atoms with Gasteiger partial charge in [-0.1, -0.05) is 30.0 Å². The van der Waals surface area contributed by atoms with Crippen molar-refractivity contribution in [1.29, 1.82) is 0 Å². The van der Waals surface area contributed by atoms with E-state index in [9.17, 15) is 9.50 Å². The molecule has 2 aromatic heterocycles. The minimum atomic E-state index is -0.328. The zero-order valence-corrected chi connectivity index (χ0v) is 19.6. The largest absolute Gasteiger partial charge is 0.507 e. The van der Waals surface area contributed by atoms with Gasteiger partial charge in [-0.15, -0.1) is 0 Å². The molecule has 0 unspecified atom stereocenters.